The van der Waals surface area contributed by atoms with E-state index in [-0.39, 0.29) is 0 Å². The fourth-order valence-electron chi connectivity index (χ4n) is 3.28. The minimum absolute atomic E-state index is 0.606. The first-order chi connectivity index (χ1) is 8.81. The van der Waals surface area contributed by atoms with Gasteiger partial charge in [0.15, 0.2) is 0 Å². The summed E-state index contributed by atoms with van der Waals surface area (Å²) < 4.78 is 5.59. The van der Waals surface area contributed by atoms with Gasteiger partial charge in [0.1, 0.15) is 5.75 Å². The maximum atomic E-state index is 5.59. The van der Waals surface area contributed by atoms with E-state index in [1.54, 1.807) is 7.11 Å². The summed E-state index contributed by atoms with van der Waals surface area (Å²) in [6.07, 6.45) is 4.89. The van der Waals surface area contributed by atoms with Crippen LogP contribution in [0.15, 0.2) is 18.2 Å². The lowest BCUT2D eigenvalue weighted by Gasteiger charge is -2.35. The molecule has 2 atom stereocenters. The number of hydrogen-bond acceptors (Lipinski definition) is 2. The average Bonchev–Trinajstić information content (AvgIpc) is 2.41. The summed E-state index contributed by atoms with van der Waals surface area (Å²) in [4.78, 5) is 0. The van der Waals surface area contributed by atoms with E-state index in [1.807, 2.05) is 0 Å². The van der Waals surface area contributed by atoms with Crippen molar-refractivity contribution in [3.05, 3.63) is 29.3 Å². The Kier molecular flexibility index (Phi) is 4.65. The number of nitrogens with one attached hydrogen (secondary N) is 1. The van der Waals surface area contributed by atoms with Crippen LogP contribution in [0.4, 0.5) is 0 Å². The molecule has 0 aromatic heterocycles. The number of fused-ring (bicyclic) bond motifs is 1. The lowest BCUT2D eigenvalue weighted by atomic mass is 9.76. The van der Waals surface area contributed by atoms with E-state index in [0.717, 1.165) is 12.3 Å². The second-order valence-corrected chi connectivity index (χ2v) is 5.13. The smallest absolute Gasteiger partial charge is 0.122 e. The molecular weight excluding hydrogens is 222 g/mol. The van der Waals surface area contributed by atoms with Crippen LogP contribution in [0.5, 0.6) is 5.75 Å². The van der Waals surface area contributed by atoms with Gasteiger partial charge in [0.2, 0.25) is 0 Å². The Morgan fingerprint density at radius 2 is 2.17 bits per heavy atom. The summed E-state index contributed by atoms with van der Waals surface area (Å²) in [5, 5.41) is 3.66. The fraction of sp³-hybridized carbons (Fsp3) is 0.625. The van der Waals surface area contributed by atoms with Crippen LogP contribution in [-0.4, -0.2) is 19.7 Å². The molecule has 2 nitrogen and oxygen atoms in total. The number of methoxy groups -OCH3 is 1. The van der Waals surface area contributed by atoms with E-state index in [2.05, 4.69) is 37.4 Å². The second-order valence-electron chi connectivity index (χ2n) is 5.13. The SMILES string of the molecule is CCCC1c2c(cccc2OC)CCC1NCC. The second kappa shape index (κ2) is 6.24. The molecule has 0 bridgehead atoms. The van der Waals surface area contributed by atoms with Crippen molar-refractivity contribution < 1.29 is 4.74 Å². The third-order valence-corrected chi connectivity index (χ3v) is 4.02. The Balaban J connectivity index is 2.37. The molecule has 2 heteroatoms. The van der Waals surface area contributed by atoms with Crippen LogP contribution in [-0.2, 0) is 6.42 Å². The molecule has 0 saturated carbocycles. The van der Waals surface area contributed by atoms with Gasteiger partial charge < -0.3 is 10.1 Å². The molecule has 0 fully saturated rings. The van der Waals surface area contributed by atoms with Crippen LogP contribution >= 0.6 is 0 Å². The van der Waals surface area contributed by atoms with Crippen LogP contribution in [0, 0.1) is 0 Å². The molecule has 1 aromatic carbocycles. The molecule has 1 N–H and O–H groups in total. The lowest BCUT2D eigenvalue weighted by molar-refractivity contribution is 0.350. The quantitative estimate of drug-likeness (QED) is 0.860. The molecule has 0 amide bonds. The van der Waals surface area contributed by atoms with Crippen molar-refractivity contribution >= 4 is 0 Å². The van der Waals surface area contributed by atoms with E-state index in [9.17, 15) is 0 Å². The van der Waals surface area contributed by atoms with Crippen LogP contribution < -0.4 is 10.1 Å². The van der Waals surface area contributed by atoms with E-state index in [4.69, 9.17) is 4.74 Å². The lowest BCUT2D eigenvalue weighted by Crippen LogP contribution is -2.38. The summed E-state index contributed by atoms with van der Waals surface area (Å²) >= 11 is 0. The van der Waals surface area contributed by atoms with E-state index in [1.165, 1.54) is 36.8 Å². The van der Waals surface area contributed by atoms with Crippen LogP contribution in [0.2, 0.25) is 0 Å². The molecule has 18 heavy (non-hydrogen) atoms. The van der Waals surface area contributed by atoms with E-state index >= 15 is 0 Å². The zero-order chi connectivity index (χ0) is 13.0. The fourth-order valence-corrected chi connectivity index (χ4v) is 3.28. The van der Waals surface area contributed by atoms with Gasteiger partial charge in [-0.05, 0) is 37.4 Å². The van der Waals surface area contributed by atoms with E-state index < -0.39 is 0 Å². The molecule has 2 rings (SSSR count). The summed E-state index contributed by atoms with van der Waals surface area (Å²) in [6.45, 7) is 5.52. The Hall–Kier alpha value is -1.02. The highest BCUT2D eigenvalue weighted by atomic mass is 16.5. The van der Waals surface area contributed by atoms with Crippen molar-refractivity contribution in [2.75, 3.05) is 13.7 Å². The van der Waals surface area contributed by atoms with E-state index in [0.29, 0.717) is 12.0 Å². The predicted octanol–water partition coefficient (Wildman–Crippen LogP) is 3.50. The zero-order valence-corrected chi connectivity index (χ0v) is 11.8. The summed E-state index contributed by atoms with van der Waals surface area (Å²) in [7, 11) is 1.79. The molecule has 1 aromatic rings. The number of likely N-dealkylation sites (N-methyl/N-ethyl adjacent to an activating group) is 1. The first-order valence-electron chi connectivity index (χ1n) is 7.20. The van der Waals surface area contributed by atoms with Crippen molar-refractivity contribution in [1.29, 1.82) is 0 Å². The molecule has 2 unspecified atom stereocenters. The highest BCUT2D eigenvalue weighted by molar-refractivity contribution is 5.45. The summed E-state index contributed by atoms with van der Waals surface area (Å²) in [5.41, 5.74) is 2.95. The molecule has 0 radical (unpaired) electrons. The largest absolute Gasteiger partial charge is 0.496 e. The maximum Gasteiger partial charge on any atom is 0.122 e. The third-order valence-electron chi connectivity index (χ3n) is 4.02. The van der Waals surface area contributed by atoms with Crippen molar-refractivity contribution in [2.24, 2.45) is 0 Å². The van der Waals surface area contributed by atoms with Gasteiger partial charge >= 0.3 is 0 Å². The molecule has 1 aliphatic rings. The molecule has 0 spiro atoms. The van der Waals surface area contributed by atoms with Crippen molar-refractivity contribution in [3.8, 4) is 5.75 Å². The number of benzene rings is 1. The molecule has 100 valence electrons. The first kappa shape index (κ1) is 13.4. The zero-order valence-electron chi connectivity index (χ0n) is 11.8. The number of rotatable bonds is 5. The maximum absolute atomic E-state index is 5.59. The van der Waals surface area contributed by atoms with Crippen molar-refractivity contribution in [2.45, 2.75) is 51.5 Å². The minimum atomic E-state index is 0.606. The van der Waals surface area contributed by atoms with Crippen LogP contribution in [0.3, 0.4) is 0 Å². The molecular formula is C16H25NO. The first-order valence-corrected chi connectivity index (χ1v) is 7.20. The average molecular weight is 247 g/mol. The van der Waals surface area contributed by atoms with Crippen LogP contribution in [0.1, 0.15) is 50.2 Å². The number of aryl methyl sites for hydroxylation is 1. The molecule has 1 aliphatic carbocycles. The van der Waals surface area contributed by atoms with Gasteiger partial charge in [-0.25, -0.2) is 0 Å². The number of ether oxygens (including phenoxy) is 1. The minimum Gasteiger partial charge on any atom is -0.496 e. The topological polar surface area (TPSA) is 21.3 Å². The van der Waals surface area contributed by atoms with Gasteiger partial charge in [-0.1, -0.05) is 32.4 Å². The molecule has 0 saturated heterocycles. The standard InChI is InChI=1S/C16H25NO/c1-4-7-13-14(17-5-2)11-10-12-8-6-9-15(18-3)16(12)13/h6,8-9,13-14,17H,4-5,7,10-11H2,1-3H3. The molecule has 0 heterocycles. The Morgan fingerprint density at radius 3 is 2.83 bits per heavy atom. The third kappa shape index (κ3) is 2.54. The highest BCUT2D eigenvalue weighted by Gasteiger charge is 2.30. The Bertz CT molecular complexity index is 374. The van der Waals surface area contributed by atoms with Gasteiger partial charge in [-0.15, -0.1) is 0 Å². The van der Waals surface area contributed by atoms with Crippen molar-refractivity contribution in [1.82, 2.24) is 5.32 Å². The van der Waals surface area contributed by atoms with Gasteiger partial charge in [-0.2, -0.15) is 0 Å². The normalized spacial score (nSPS) is 22.6. The summed E-state index contributed by atoms with van der Waals surface area (Å²) in [6, 6.07) is 7.10. The van der Waals surface area contributed by atoms with Crippen molar-refractivity contribution in [3.63, 3.8) is 0 Å². The predicted molar refractivity (Wildman–Crippen MR) is 76.4 cm³/mol. The monoisotopic (exact) mass is 247 g/mol. The number of hydrogen-bond donors (Lipinski definition) is 1. The van der Waals surface area contributed by atoms with Gasteiger partial charge in [0.05, 0.1) is 7.11 Å². The molecule has 0 aliphatic heterocycles. The van der Waals surface area contributed by atoms with Crippen LogP contribution in [0.25, 0.3) is 0 Å². The Morgan fingerprint density at radius 1 is 1.33 bits per heavy atom. The Labute approximate surface area is 111 Å². The van der Waals surface area contributed by atoms with Gasteiger partial charge in [-0.3, -0.25) is 0 Å². The van der Waals surface area contributed by atoms with Gasteiger partial charge in [0, 0.05) is 17.5 Å². The highest BCUT2D eigenvalue weighted by Crippen LogP contribution is 2.40. The summed E-state index contributed by atoms with van der Waals surface area (Å²) in [5.74, 6) is 1.68. The van der Waals surface area contributed by atoms with Gasteiger partial charge in [0.25, 0.3) is 0 Å².